The number of hydrogen-bond acceptors (Lipinski definition) is 6. The average Bonchev–Trinajstić information content (AvgIpc) is 3.13. The third-order valence-electron chi connectivity index (χ3n) is 6.10. The highest BCUT2D eigenvalue weighted by Crippen LogP contribution is 2.36. The van der Waals surface area contributed by atoms with Crippen LogP contribution in [-0.2, 0) is 22.8 Å². The molecule has 2 saturated heterocycles. The Hall–Kier alpha value is -1.70. The number of sulfone groups is 1. The van der Waals surface area contributed by atoms with E-state index in [0.29, 0.717) is 18.7 Å². The molecule has 0 radical (unpaired) electrons. The van der Waals surface area contributed by atoms with Crippen molar-refractivity contribution in [3.8, 4) is 0 Å². The predicted molar refractivity (Wildman–Crippen MR) is 106 cm³/mol. The third-order valence-corrected chi connectivity index (χ3v) is 8.33. The summed E-state index contributed by atoms with van der Waals surface area (Å²) in [5.41, 5.74) is 2.33. The van der Waals surface area contributed by atoms with Gasteiger partial charge in [0.1, 0.15) is 5.58 Å². The average molecular weight is 391 g/mol. The lowest BCUT2D eigenvalue weighted by Gasteiger charge is -2.25. The van der Waals surface area contributed by atoms with Crippen LogP contribution in [0.4, 0.5) is 0 Å². The lowest BCUT2D eigenvalue weighted by Crippen LogP contribution is -2.37. The summed E-state index contributed by atoms with van der Waals surface area (Å²) in [5.74, 6) is 0.378. The van der Waals surface area contributed by atoms with Gasteiger partial charge in [-0.15, -0.1) is 0 Å². The molecular weight excluding hydrogens is 364 g/mol. The van der Waals surface area contributed by atoms with Crippen LogP contribution in [0, 0.1) is 5.92 Å². The Bertz CT molecular complexity index is 1030. The van der Waals surface area contributed by atoms with Crippen LogP contribution < -0.4 is 5.63 Å². The molecular formula is C20H26N2O4S. The topological polar surface area (TPSA) is 70.8 Å². The quantitative estimate of drug-likeness (QED) is 0.737. The molecule has 2 aliphatic heterocycles. The van der Waals surface area contributed by atoms with Gasteiger partial charge < -0.3 is 9.32 Å². The van der Waals surface area contributed by atoms with Crippen LogP contribution in [0.2, 0.25) is 0 Å². The van der Waals surface area contributed by atoms with E-state index in [1.54, 1.807) is 6.07 Å². The molecule has 7 heteroatoms. The van der Waals surface area contributed by atoms with Gasteiger partial charge in [-0.2, -0.15) is 0 Å². The Balaban J connectivity index is 1.65. The molecule has 2 aromatic rings. The van der Waals surface area contributed by atoms with Crippen LogP contribution >= 0.6 is 0 Å². The molecule has 4 rings (SSSR count). The predicted octanol–water partition coefficient (Wildman–Crippen LogP) is 1.51. The van der Waals surface area contributed by atoms with E-state index >= 15 is 0 Å². The van der Waals surface area contributed by atoms with Gasteiger partial charge in [-0.3, -0.25) is 4.90 Å². The number of fused-ring (bicyclic) bond motifs is 2. The molecule has 0 unspecified atom stereocenters. The van der Waals surface area contributed by atoms with Crippen molar-refractivity contribution in [2.24, 2.45) is 5.92 Å². The van der Waals surface area contributed by atoms with Gasteiger partial charge in [0, 0.05) is 43.0 Å². The van der Waals surface area contributed by atoms with E-state index in [1.165, 1.54) is 5.56 Å². The number of likely N-dealkylation sites (tertiary alicyclic amines) is 1. The minimum absolute atomic E-state index is 0.0641. The van der Waals surface area contributed by atoms with Crippen molar-refractivity contribution in [3.05, 3.63) is 45.8 Å². The minimum Gasteiger partial charge on any atom is -0.423 e. The molecule has 2 aliphatic rings. The molecule has 3 heterocycles. The second kappa shape index (κ2) is 6.72. The molecule has 0 spiro atoms. The van der Waals surface area contributed by atoms with Crippen molar-refractivity contribution >= 4 is 20.8 Å². The molecule has 27 heavy (non-hydrogen) atoms. The number of aryl methyl sites for hydroxylation is 1. The first-order valence-electron chi connectivity index (χ1n) is 9.44. The van der Waals surface area contributed by atoms with Crippen LogP contribution in [0.5, 0.6) is 0 Å². The van der Waals surface area contributed by atoms with E-state index < -0.39 is 9.84 Å². The Labute approximate surface area is 159 Å². The lowest BCUT2D eigenvalue weighted by molar-refractivity contribution is 0.230. The van der Waals surface area contributed by atoms with E-state index in [4.69, 9.17) is 4.42 Å². The minimum atomic E-state index is -3.07. The van der Waals surface area contributed by atoms with Gasteiger partial charge >= 0.3 is 5.63 Å². The van der Waals surface area contributed by atoms with Gasteiger partial charge in [0.2, 0.25) is 0 Å². The monoisotopic (exact) mass is 390 g/mol. The largest absolute Gasteiger partial charge is 0.423 e. The van der Waals surface area contributed by atoms with Crippen molar-refractivity contribution < 1.29 is 12.8 Å². The van der Waals surface area contributed by atoms with E-state index in [1.807, 2.05) is 31.1 Å². The summed E-state index contributed by atoms with van der Waals surface area (Å²) in [7, 11) is 0.835. The maximum atomic E-state index is 12.6. The Morgan fingerprint density at radius 2 is 2.00 bits per heavy atom. The van der Waals surface area contributed by atoms with Crippen molar-refractivity contribution in [2.45, 2.75) is 31.2 Å². The van der Waals surface area contributed by atoms with Gasteiger partial charge in [0.05, 0.1) is 11.0 Å². The first kappa shape index (κ1) is 18.7. The number of nitrogens with zero attached hydrogens (tertiary/aromatic N) is 2. The second-order valence-electron chi connectivity index (χ2n) is 8.03. The zero-order chi connectivity index (χ0) is 19.3. The molecule has 1 aromatic heterocycles. The van der Waals surface area contributed by atoms with Crippen molar-refractivity contribution in [1.82, 2.24) is 9.80 Å². The first-order chi connectivity index (χ1) is 12.8. The molecule has 0 bridgehead atoms. The highest BCUT2D eigenvalue weighted by molar-refractivity contribution is 7.92. The number of hydrogen-bond donors (Lipinski definition) is 0. The summed E-state index contributed by atoms with van der Waals surface area (Å²) in [6.45, 7) is 3.93. The van der Waals surface area contributed by atoms with Crippen LogP contribution in [0.1, 0.15) is 18.1 Å². The Morgan fingerprint density at radius 3 is 2.70 bits per heavy atom. The summed E-state index contributed by atoms with van der Waals surface area (Å²) in [5, 5.41) is 0.639. The Kier molecular flexibility index (Phi) is 4.64. The molecule has 0 amide bonds. The molecule has 0 aliphatic carbocycles. The van der Waals surface area contributed by atoms with Crippen molar-refractivity contribution in [1.29, 1.82) is 0 Å². The summed E-state index contributed by atoms with van der Waals surface area (Å²) < 4.78 is 30.5. The van der Waals surface area contributed by atoms with Crippen molar-refractivity contribution in [3.63, 3.8) is 0 Å². The normalized spacial score (nSPS) is 27.5. The van der Waals surface area contributed by atoms with Crippen LogP contribution in [-0.4, -0.2) is 62.4 Å². The maximum Gasteiger partial charge on any atom is 0.336 e. The highest BCUT2D eigenvalue weighted by atomic mass is 32.2. The third kappa shape index (κ3) is 3.32. The fraction of sp³-hybridized carbons (Fsp3) is 0.550. The van der Waals surface area contributed by atoms with Gasteiger partial charge in [0.25, 0.3) is 0 Å². The molecule has 1 aromatic carbocycles. The summed E-state index contributed by atoms with van der Waals surface area (Å²) in [6, 6.07) is 7.51. The van der Waals surface area contributed by atoms with Gasteiger partial charge in [-0.05, 0) is 43.8 Å². The van der Waals surface area contributed by atoms with Gasteiger partial charge in [0.15, 0.2) is 9.84 Å². The van der Waals surface area contributed by atoms with E-state index in [0.717, 1.165) is 23.9 Å². The molecule has 146 valence electrons. The Morgan fingerprint density at radius 1 is 1.22 bits per heavy atom. The van der Waals surface area contributed by atoms with E-state index in [2.05, 4.69) is 17.9 Å². The standard InChI is InChI=1S/C20H26N2O4S/c1-4-13-5-6-18-15(7-13)14(8-20(23)26-18)9-22-10-16-17(21(2)3)12-27(24,25)19(16)11-22/h5-8,16-17,19H,4,9-12H2,1-3H3/t16-,17+,19-/m0/s1. The van der Waals surface area contributed by atoms with Gasteiger partial charge in [-0.1, -0.05) is 13.0 Å². The van der Waals surface area contributed by atoms with E-state index in [9.17, 15) is 13.2 Å². The first-order valence-corrected chi connectivity index (χ1v) is 11.2. The highest BCUT2D eigenvalue weighted by Gasteiger charge is 2.52. The maximum absolute atomic E-state index is 12.6. The fourth-order valence-electron chi connectivity index (χ4n) is 4.64. The molecule has 6 nitrogen and oxygen atoms in total. The lowest BCUT2D eigenvalue weighted by atomic mass is 10.00. The molecule has 0 saturated carbocycles. The summed E-state index contributed by atoms with van der Waals surface area (Å²) >= 11 is 0. The van der Waals surface area contributed by atoms with Crippen LogP contribution in [0.25, 0.3) is 11.0 Å². The molecule has 0 N–H and O–H groups in total. The smallest absolute Gasteiger partial charge is 0.336 e. The van der Waals surface area contributed by atoms with Crippen LogP contribution in [0.15, 0.2) is 33.5 Å². The van der Waals surface area contributed by atoms with E-state index in [-0.39, 0.29) is 28.6 Å². The zero-order valence-corrected chi connectivity index (χ0v) is 16.8. The van der Waals surface area contributed by atoms with Crippen LogP contribution in [0.3, 0.4) is 0 Å². The molecule has 2 fully saturated rings. The second-order valence-corrected chi connectivity index (χ2v) is 10.3. The summed E-state index contributed by atoms with van der Waals surface area (Å²) in [6.07, 6.45) is 0.908. The summed E-state index contributed by atoms with van der Waals surface area (Å²) in [4.78, 5) is 16.2. The SMILES string of the molecule is CCc1ccc2oc(=O)cc(CN3C[C@H]4[C@H](N(C)C)CS(=O)(=O)[C@H]4C3)c2c1. The van der Waals surface area contributed by atoms with Crippen molar-refractivity contribution in [2.75, 3.05) is 32.9 Å². The fourth-order valence-corrected chi connectivity index (χ4v) is 7.15. The number of rotatable bonds is 4. The molecule has 3 atom stereocenters. The van der Waals surface area contributed by atoms with Gasteiger partial charge in [-0.25, -0.2) is 13.2 Å². The zero-order valence-electron chi connectivity index (χ0n) is 16.0. The number of benzene rings is 1.